The van der Waals surface area contributed by atoms with Crippen molar-refractivity contribution >= 4 is 12.0 Å². The molecule has 0 aliphatic carbocycles. The van der Waals surface area contributed by atoms with Crippen molar-refractivity contribution in [1.29, 1.82) is 0 Å². The Hall–Kier alpha value is -2.08. The van der Waals surface area contributed by atoms with Crippen LogP contribution < -0.4 is 0 Å². The van der Waals surface area contributed by atoms with Gasteiger partial charge in [0.25, 0.3) is 0 Å². The van der Waals surface area contributed by atoms with Crippen LogP contribution in [0.4, 0.5) is 4.79 Å². The molecule has 0 spiro atoms. The highest BCUT2D eigenvalue weighted by atomic mass is 16.6. The SMILES string of the molecule is CCOC(=O)N(C)CC(=O)N1CCN(C)C[C@H]1c1ccccc1. The number of benzene rings is 1. The molecule has 1 heterocycles. The van der Waals surface area contributed by atoms with Crippen LogP contribution in [-0.2, 0) is 9.53 Å². The Morgan fingerprint density at radius 1 is 1.26 bits per heavy atom. The van der Waals surface area contributed by atoms with Crippen molar-refractivity contribution in [1.82, 2.24) is 14.7 Å². The average molecular weight is 319 g/mol. The van der Waals surface area contributed by atoms with Gasteiger partial charge in [0, 0.05) is 26.7 Å². The molecule has 1 aliphatic rings. The second-order valence-electron chi connectivity index (χ2n) is 5.83. The van der Waals surface area contributed by atoms with Gasteiger partial charge in [0.1, 0.15) is 6.54 Å². The van der Waals surface area contributed by atoms with Crippen molar-refractivity contribution in [3.8, 4) is 0 Å². The third-order valence-electron chi connectivity index (χ3n) is 4.04. The van der Waals surface area contributed by atoms with E-state index < -0.39 is 6.09 Å². The number of rotatable bonds is 4. The molecule has 1 aromatic rings. The number of carbonyl (C=O) groups excluding carboxylic acids is 2. The van der Waals surface area contributed by atoms with Gasteiger partial charge in [0.05, 0.1) is 12.6 Å². The lowest BCUT2D eigenvalue weighted by Crippen LogP contribution is -2.52. The standard InChI is InChI=1S/C17H25N3O3/c1-4-23-17(22)19(3)13-16(21)20-11-10-18(2)12-15(20)14-8-6-5-7-9-14/h5-9,15H,4,10-13H2,1-3H3/t15-/m0/s1. The Labute approximate surface area is 137 Å². The normalized spacial score (nSPS) is 18.6. The topological polar surface area (TPSA) is 53.1 Å². The van der Waals surface area contributed by atoms with E-state index in [4.69, 9.17) is 4.74 Å². The number of hydrogen-bond acceptors (Lipinski definition) is 4. The third kappa shape index (κ3) is 4.45. The first kappa shape index (κ1) is 17.3. The number of likely N-dealkylation sites (N-methyl/N-ethyl adjacent to an activating group) is 2. The van der Waals surface area contributed by atoms with Gasteiger partial charge in [-0.2, -0.15) is 0 Å². The summed E-state index contributed by atoms with van der Waals surface area (Å²) >= 11 is 0. The van der Waals surface area contributed by atoms with E-state index >= 15 is 0 Å². The van der Waals surface area contributed by atoms with Gasteiger partial charge in [-0.05, 0) is 19.5 Å². The van der Waals surface area contributed by atoms with Gasteiger partial charge in [-0.3, -0.25) is 4.79 Å². The molecule has 2 amide bonds. The Bertz CT molecular complexity index is 535. The van der Waals surface area contributed by atoms with E-state index in [0.29, 0.717) is 13.2 Å². The van der Waals surface area contributed by atoms with Gasteiger partial charge >= 0.3 is 6.09 Å². The highest BCUT2D eigenvalue weighted by molar-refractivity contribution is 5.82. The van der Waals surface area contributed by atoms with Crippen LogP contribution in [0.1, 0.15) is 18.5 Å². The van der Waals surface area contributed by atoms with Crippen molar-refractivity contribution < 1.29 is 14.3 Å². The summed E-state index contributed by atoms with van der Waals surface area (Å²) in [5.74, 6) is -0.0532. The summed E-state index contributed by atoms with van der Waals surface area (Å²) in [6.07, 6.45) is -0.466. The molecule has 2 rings (SSSR count). The smallest absolute Gasteiger partial charge is 0.409 e. The lowest BCUT2D eigenvalue weighted by atomic mass is 10.0. The Kier molecular flexibility index (Phi) is 5.98. The Balaban J connectivity index is 2.08. The quantitative estimate of drug-likeness (QED) is 0.846. The van der Waals surface area contributed by atoms with E-state index in [1.165, 1.54) is 4.90 Å². The van der Waals surface area contributed by atoms with Gasteiger partial charge in [-0.15, -0.1) is 0 Å². The molecular formula is C17H25N3O3. The first-order valence-electron chi connectivity index (χ1n) is 7.93. The molecule has 1 fully saturated rings. The van der Waals surface area contributed by atoms with E-state index in [1.54, 1.807) is 14.0 Å². The molecule has 1 saturated heterocycles. The van der Waals surface area contributed by atoms with Crippen LogP contribution in [0.2, 0.25) is 0 Å². The molecule has 0 N–H and O–H groups in total. The maximum Gasteiger partial charge on any atom is 0.409 e. The summed E-state index contributed by atoms with van der Waals surface area (Å²) in [7, 11) is 3.64. The minimum absolute atomic E-state index is 0.0121. The fourth-order valence-corrected chi connectivity index (χ4v) is 2.77. The fourth-order valence-electron chi connectivity index (χ4n) is 2.77. The number of piperazine rings is 1. The van der Waals surface area contributed by atoms with Gasteiger partial charge in [0.15, 0.2) is 0 Å². The van der Waals surface area contributed by atoms with Crippen LogP contribution >= 0.6 is 0 Å². The second-order valence-corrected chi connectivity index (χ2v) is 5.83. The molecule has 6 nitrogen and oxygen atoms in total. The van der Waals surface area contributed by atoms with Crippen LogP contribution in [0.3, 0.4) is 0 Å². The van der Waals surface area contributed by atoms with Gasteiger partial charge in [-0.25, -0.2) is 4.79 Å². The number of carbonyl (C=O) groups is 2. The zero-order valence-corrected chi connectivity index (χ0v) is 14.1. The molecule has 6 heteroatoms. The molecule has 0 aromatic heterocycles. The first-order chi connectivity index (χ1) is 11.0. The molecule has 0 radical (unpaired) electrons. The fraction of sp³-hybridized carbons (Fsp3) is 0.529. The van der Waals surface area contributed by atoms with Crippen molar-refractivity contribution in [2.75, 3.05) is 46.9 Å². The number of hydrogen-bond donors (Lipinski definition) is 0. The molecule has 23 heavy (non-hydrogen) atoms. The molecular weight excluding hydrogens is 294 g/mol. The minimum Gasteiger partial charge on any atom is -0.450 e. The van der Waals surface area contributed by atoms with E-state index in [2.05, 4.69) is 11.9 Å². The summed E-state index contributed by atoms with van der Waals surface area (Å²) < 4.78 is 4.93. The van der Waals surface area contributed by atoms with E-state index in [9.17, 15) is 9.59 Å². The molecule has 0 bridgehead atoms. The summed E-state index contributed by atoms with van der Waals surface area (Å²) in [6.45, 7) is 4.37. The minimum atomic E-state index is -0.466. The third-order valence-corrected chi connectivity index (χ3v) is 4.04. The zero-order valence-electron chi connectivity index (χ0n) is 14.1. The van der Waals surface area contributed by atoms with Crippen LogP contribution in [0.25, 0.3) is 0 Å². The molecule has 0 saturated carbocycles. The van der Waals surface area contributed by atoms with Crippen LogP contribution in [0, 0.1) is 0 Å². The van der Waals surface area contributed by atoms with Crippen molar-refractivity contribution in [3.05, 3.63) is 35.9 Å². The Morgan fingerprint density at radius 3 is 2.61 bits per heavy atom. The molecule has 1 atom stereocenters. The summed E-state index contributed by atoms with van der Waals surface area (Å²) in [5, 5.41) is 0. The molecule has 126 valence electrons. The predicted molar refractivity (Wildman–Crippen MR) is 88.0 cm³/mol. The largest absolute Gasteiger partial charge is 0.450 e. The monoisotopic (exact) mass is 319 g/mol. The Morgan fingerprint density at radius 2 is 1.96 bits per heavy atom. The van der Waals surface area contributed by atoms with E-state index in [-0.39, 0.29) is 18.5 Å². The van der Waals surface area contributed by atoms with E-state index in [1.807, 2.05) is 35.2 Å². The molecule has 1 aromatic carbocycles. The van der Waals surface area contributed by atoms with Gasteiger partial charge < -0.3 is 19.4 Å². The molecule has 1 aliphatic heterocycles. The van der Waals surface area contributed by atoms with E-state index in [0.717, 1.165) is 18.7 Å². The van der Waals surface area contributed by atoms with Crippen molar-refractivity contribution in [2.24, 2.45) is 0 Å². The number of ether oxygens (including phenoxy) is 1. The zero-order chi connectivity index (χ0) is 16.8. The van der Waals surface area contributed by atoms with Crippen molar-refractivity contribution in [2.45, 2.75) is 13.0 Å². The van der Waals surface area contributed by atoms with Crippen LogP contribution in [-0.4, -0.2) is 73.6 Å². The number of nitrogens with zero attached hydrogens (tertiary/aromatic N) is 3. The highest BCUT2D eigenvalue weighted by Gasteiger charge is 2.31. The first-order valence-corrected chi connectivity index (χ1v) is 7.93. The van der Waals surface area contributed by atoms with Crippen molar-refractivity contribution in [3.63, 3.8) is 0 Å². The van der Waals surface area contributed by atoms with Crippen LogP contribution in [0.15, 0.2) is 30.3 Å². The van der Waals surface area contributed by atoms with Gasteiger partial charge in [-0.1, -0.05) is 30.3 Å². The lowest BCUT2D eigenvalue weighted by Gasteiger charge is -2.40. The highest BCUT2D eigenvalue weighted by Crippen LogP contribution is 2.25. The maximum atomic E-state index is 12.7. The average Bonchev–Trinajstić information content (AvgIpc) is 2.55. The molecule has 0 unspecified atom stereocenters. The number of amides is 2. The predicted octanol–water partition coefficient (Wildman–Crippen LogP) is 1.59. The van der Waals surface area contributed by atoms with Crippen LogP contribution in [0.5, 0.6) is 0 Å². The second kappa shape index (κ2) is 7.97. The summed E-state index contributed by atoms with van der Waals surface area (Å²) in [5.41, 5.74) is 1.12. The summed E-state index contributed by atoms with van der Waals surface area (Å²) in [6, 6.07) is 10.0. The maximum absolute atomic E-state index is 12.7. The lowest BCUT2D eigenvalue weighted by molar-refractivity contribution is -0.136. The summed E-state index contributed by atoms with van der Waals surface area (Å²) in [4.78, 5) is 29.8. The van der Waals surface area contributed by atoms with Gasteiger partial charge in [0.2, 0.25) is 5.91 Å².